The van der Waals surface area contributed by atoms with E-state index in [0.29, 0.717) is 27.7 Å². The minimum Gasteiger partial charge on any atom is -0.487 e. The van der Waals surface area contributed by atoms with E-state index in [2.05, 4.69) is 10.4 Å². The summed E-state index contributed by atoms with van der Waals surface area (Å²) in [7, 11) is 0. The van der Waals surface area contributed by atoms with E-state index in [1.807, 2.05) is 32.0 Å². The van der Waals surface area contributed by atoms with Gasteiger partial charge in [-0.15, -0.1) is 0 Å². The second kappa shape index (κ2) is 9.88. The molecule has 0 aliphatic carbocycles. The lowest BCUT2D eigenvalue weighted by molar-refractivity contribution is 0.102. The highest BCUT2D eigenvalue weighted by molar-refractivity contribution is 6.32. The van der Waals surface area contributed by atoms with Gasteiger partial charge in [-0.05, 0) is 55.3 Å². The van der Waals surface area contributed by atoms with E-state index in [1.165, 1.54) is 6.07 Å². The first-order valence-corrected chi connectivity index (χ1v) is 10.8. The van der Waals surface area contributed by atoms with Gasteiger partial charge in [0.1, 0.15) is 18.2 Å². The second-order valence-corrected chi connectivity index (χ2v) is 8.20. The van der Waals surface area contributed by atoms with Crippen molar-refractivity contribution in [1.82, 2.24) is 9.78 Å². The first kappa shape index (κ1) is 22.6. The zero-order valence-corrected chi connectivity index (χ0v) is 19.1. The maximum Gasteiger partial charge on any atom is 0.256 e. The highest BCUT2D eigenvalue weighted by Crippen LogP contribution is 2.26. The molecule has 7 heteroatoms. The van der Waals surface area contributed by atoms with E-state index in [9.17, 15) is 9.18 Å². The fraction of sp³-hybridized carbons (Fsp3) is 0.154. The molecule has 0 aliphatic heterocycles. The summed E-state index contributed by atoms with van der Waals surface area (Å²) in [6.45, 7) is 4.38. The van der Waals surface area contributed by atoms with Crippen LogP contribution in [-0.4, -0.2) is 15.7 Å². The summed E-state index contributed by atoms with van der Waals surface area (Å²) < 4.78 is 21.5. The molecule has 33 heavy (non-hydrogen) atoms. The summed E-state index contributed by atoms with van der Waals surface area (Å²) in [6.07, 6.45) is 0. The van der Waals surface area contributed by atoms with Crippen LogP contribution < -0.4 is 10.1 Å². The van der Waals surface area contributed by atoms with Gasteiger partial charge in [-0.2, -0.15) is 5.10 Å². The van der Waals surface area contributed by atoms with Crippen molar-refractivity contribution in [1.29, 1.82) is 0 Å². The number of aromatic nitrogens is 2. The predicted octanol–water partition coefficient (Wildman–Crippen LogP) is 6.17. The molecule has 0 spiro atoms. The lowest BCUT2D eigenvalue weighted by atomic mass is 10.1. The standard InChI is InChI=1S/C26H23ClFN3O2/c1-17-10-11-22(27)24(12-17)33-16-19-6-5-8-20(14-19)26(32)29-25-13-18(2)31(30-25)15-21-7-3-4-9-23(21)28/h3-14H,15-16H2,1-2H3,(H,29,30,32). The van der Waals surface area contributed by atoms with E-state index in [4.69, 9.17) is 16.3 Å². The number of hydrogen-bond acceptors (Lipinski definition) is 3. The summed E-state index contributed by atoms with van der Waals surface area (Å²) in [4.78, 5) is 12.8. The number of carbonyl (C=O) groups is 1. The Morgan fingerprint density at radius 1 is 1.06 bits per heavy atom. The van der Waals surface area contributed by atoms with E-state index >= 15 is 0 Å². The Balaban J connectivity index is 1.43. The van der Waals surface area contributed by atoms with Crippen molar-refractivity contribution < 1.29 is 13.9 Å². The molecule has 1 aromatic heterocycles. The Hall–Kier alpha value is -3.64. The van der Waals surface area contributed by atoms with Crippen molar-refractivity contribution in [3.8, 4) is 5.75 Å². The van der Waals surface area contributed by atoms with Crippen LogP contribution in [0.1, 0.15) is 32.7 Å². The van der Waals surface area contributed by atoms with Crippen molar-refractivity contribution in [3.05, 3.63) is 112 Å². The van der Waals surface area contributed by atoms with Gasteiger partial charge in [-0.3, -0.25) is 9.48 Å². The fourth-order valence-corrected chi connectivity index (χ4v) is 3.56. The van der Waals surface area contributed by atoms with Crippen molar-refractivity contribution in [3.63, 3.8) is 0 Å². The summed E-state index contributed by atoms with van der Waals surface area (Å²) in [5.41, 5.74) is 3.70. The number of benzene rings is 3. The number of ether oxygens (including phenoxy) is 1. The van der Waals surface area contributed by atoms with E-state index in [-0.39, 0.29) is 24.9 Å². The summed E-state index contributed by atoms with van der Waals surface area (Å²) in [5, 5.41) is 7.76. The predicted molar refractivity (Wildman–Crippen MR) is 127 cm³/mol. The van der Waals surface area contributed by atoms with E-state index in [0.717, 1.165) is 16.8 Å². The molecule has 0 radical (unpaired) electrons. The van der Waals surface area contributed by atoms with Gasteiger partial charge in [-0.25, -0.2) is 4.39 Å². The Morgan fingerprint density at radius 2 is 1.88 bits per heavy atom. The smallest absolute Gasteiger partial charge is 0.256 e. The van der Waals surface area contributed by atoms with Crippen LogP contribution in [0.15, 0.2) is 72.8 Å². The maximum absolute atomic E-state index is 14.0. The fourth-order valence-electron chi connectivity index (χ4n) is 3.39. The number of amides is 1. The third kappa shape index (κ3) is 5.59. The van der Waals surface area contributed by atoms with Crippen LogP contribution in [0.2, 0.25) is 5.02 Å². The van der Waals surface area contributed by atoms with Crippen LogP contribution >= 0.6 is 11.6 Å². The van der Waals surface area contributed by atoms with Crippen molar-refractivity contribution in [2.45, 2.75) is 27.0 Å². The Labute approximate surface area is 196 Å². The van der Waals surface area contributed by atoms with Crippen LogP contribution in [0.25, 0.3) is 0 Å². The molecular formula is C26H23ClFN3O2. The summed E-state index contributed by atoms with van der Waals surface area (Å²) in [6, 6.07) is 21.1. The SMILES string of the molecule is Cc1ccc(Cl)c(OCc2cccc(C(=O)Nc3cc(C)n(Cc4ccccc4F)n3)c2)c1. The van der Waals surface area contributed by atoms with Crippen LogP contribution in [0.4, 0.5) is 10.2 Å². The number of halogens is 2. The maximum atomic E-state index is 14.0. The van der Waals surface area contributed by atoms with Gasteiger partial charge in [0, 0.05) is 22.9 Å². The molecule has 0 bridgehead atoms. The number of nitrogens with one attached hydrogen (secondary N) is 1. The molecule has 168 valence electrons. The summed E-state index contributed by atoms with van der Waals surface area (Å²) in [5.74, 6) is 0.425. The molecule has 5 nitrogen and oxygen atoms in total. The second-order valence-electron chi connectivity index (χ2n) is 7.80. The lowest BCUT2D eigenvalue weighted by Crippen LogP contribution is -2.13. The molecule has 4 rings (SSSR count). The summed E-state index contributed by atoms with van der Waals surface area (Å²) >= 11 is 6.19. The van der Waals surface area contributed by atoms with Crippen molar-refractivity contribution in [2.24, 2.45) is 0 Å². The molecule has 0 aliphatic rings. The van der Waals surface area contributed by atoms with Gasteiger partial charge < -0.3 is 10.1 Å². The molecule has 0 saturated carbocycles. The molecular weight excluding hydrogens is 441 g/mol. The van der Waals surface area contributed by atoms with Crippen LogP contribution in [0.3, 0.4) is 0 Å². The van der Waals surface area contributed by atoms with E-state index < -0.39 is 0 Å². The quantitative estimate of drug-likeness (QED) is 0.356. The monoisotopic (exact) mass is 463 g/mol. The number of hydrogen-bond donors (Lipinski definition) is 1. The Morgan fingerprint density at radius 3 is 2.70 bits per heavy atom. The Bertz CT molecular complexity index is 1300. The molecule has 3 aromatic carbocycles. The van der Waals surface area contributed by atoms with Crippen molar-refractivity contribution in [2.75, 3.05) is 5.32 Å². The van der Waals surface area contributed by atoms with Gasteiger partial charge in [0.05, 0.1) is 11.6 Å². The minimum absolute atomic E-state index is 0.278. The number of carbonyl (C=O) groups excluding carboxylic acids is 1. The van der Waals surface area contributed by atoms with Crippen LogP contribution in [-0.2, 0) is 13.2 Å². The topological polar surface area (TPSA) is 56.1 Å². The number of nitrogens with zero attached hydrogens (tertiary/aromatic N) is 2. The van der Waals surface area contributed by atoms with Gasteiger partial charge in [0.2, 0.25) is 0 Å². The van der Waals surface area contributed by atoms with Gasteiger partial charge in [-0.1, -0.05) is 48.0 Å². The van der Waals surface area contributed by atoms with Gasteiger partial charge >= 0.3 is 0 Å². The zero-order valence-electron chi connectivity index (χ0n) is 18.3. The molecule has 1 heterocycles. The minimum atomic E-state index is -0.291. The third-order valence-electron chi connectivity index (χ3n) is 5.17. The molecule has 0 unspecified atom stereocenters. The Kier molecular flexibility index (Phi) is 6.75. The zero-order chi connectivity index (χ0) is 23.4. The average molecular weight is 464 g/mol. The average Bonchev–Trinajstić information content (AvgIpc) is 3.14. The molecule has 1 N–H and O–H groups in total. The third-order valence-corrected chi connectivity index (χ3v) is 5.48. The van der Waals surface area contributed by atoms with Gasteiger partial charge in [0.25, 0.3) is 5.91 Å². The number of anilines is 1. The van der Waals surface area contributed by atoms with Crippen molar-refractivity contribution >= 4 is 23.3 Å². The highest BCUT2D eigenvalue weighted by atomic mass is 35.5. The molecule has 0 fully saturated rings. The first-order chi connectivity index (χ1) is 15.9. The lowest BCUT2D eigenvalue weighted by Gasteiger charge is -2.10. The first-order valence-electron chi connectivity index (χ1n) is 10.5. The molecule has 0 atom stereocenters. The normalized spacial score (nSPS) is 10.8. The van der Waals surface area contributed by atoms with Gasteiger partial charge in [0.15, 0.2) is 5.82 Å². The number of rotatable bonds is 7. The largest absolute Gasteiger partial charge is 0.487 e. The van der Waals surface area contributed by atoms with Crippen LogP contribution in [0, 0.1) is 19.7 Å². The highest BCUT2D eigenvalue weighted by Gasteiger charge is 2.12. The molecule has 0 saturated heterocycles. The number of aryl methyl sites for hydroxylation is 2. The van der Waals surface area contributed by atoms with E-state index in [1.54, 1.807) is 53.2 Å². The molecule has 4 aromatic rings. The molecule has 1 amide bonds. The van der Waals surface area contributed by atoms with Crippen LogP contribution in [0.5, 0.6) is 5.75 Å².